The summed E-state index contributed by atoms with van der Waals surface area (Å²) in [5.74, 6) is 0.614. The van der Waals surface area contributed by atoms with Gasteiger partial charge in [0.15, 0.2) is 5.82 Å². The first-order chi connectivity index (χ1) is 8.74. The molecular weight excluding hydrogens is 252 g/mol. The summed E-state index contributed by atoms with van der Waals surface area (Å²) in [6.07, 6.45) is 1.19. The van der Waals surface area contributed by atoms with Crippen molar-refractivity contribution in [1.82, 2.24) is 9.97 Å². The maximum absolute atomic E-state index is 5.84. The Morgan fingerprint density at radius 2 is 1.72 bits per heavy atom. The second-order valence-electron chi connectivity index (χ2n) is 3.62. The first kappa shape index (κ1) is 13.0. The minimum Gasteiger partial charge on any atom is -0.350 e. The van der Waals surface area contributed by atoms with Crippen LogP contribution in [0, 0.1) is 0 Å². The van der Waals surface area contributed by atoms with Crippen molar-refractivity contribution in [3.05, 3.63) is 47.2 Å². The van der Waals surface area contributed by atoms with Crippen molar-refractivity contribution in [2.75, 3.05) is 14.2 Å². The van der Waals surface area contributed by atoms with Gasteiger partial charge in [0.25, 0.3) is 0 Å². The molecule has 5 heteroatoms. The van der Waals surface area contributed by atoms with Crippen LogP contribution in [0.15, 0.2) is 36.5 Å². The van der Waals surface area contributed by atoms with Crippen molar-refractivity contribution >= 4 is 11.6 Å². The molecule has 4 nitrogen and oxygen atoms in total. The SMILES string of the molecule is COC(OC)c1ccnc(-c2ccc(Cl)cc2)n1. The van der Waals surface area contributed by atoms with Crippen molar-refractivity contribution in [2.24, 2.45) is 0 Å². The minimum absolute atomic E-state index is 0.487. The van der Waals surface area contributed by atoms with Crippen molar-refractivity contribution < 1.29 is 9.47 Å². The van der Waals surface area contributed by atoms with Crippen LogP contribution < -0.4 is 0 Å². The van der Waals surface area contributed by atoms with Gasteiger partial charge in [-0.15, -0.1) is 0 Å². The number of halogens is 1. The van der Waals surface area contributed by atoms with Gasteiger partial charge >= 0.3 is 0 Å². The third-order valence-corrected chi connectivity index (χ3v) is 2.70. The molecule has 2 aromatic rings. The topological polar surface area (TPSA) is 44.2 Å². The number of methoxy groups -OCH3 is 2. The molecule has 0 amide bonds. The van der Waals surface area contributed by atoms with Crippen LogP contribution in [0.3, 0.4) is 0 Å². The lowest BCUT2D eigenvalue weighted by Crippen LogP contribution is -2.07. The molecule has 0 aliphatic heterocycles. The fourth-order valence-corrected chi connectivity index (χ4v) is 1.71. The second kappa shape index (κ2) is 5.91. The molecule has 0 aliphatic rings. The number of hydrogen-bond acceptors (Lipinski definition) is 4. The van der Waals surface area contributed by atoms with E-state index in [4.69, 9.17) is 21.1 Å². The Labute approximate surface area is 111 Å². The third kappa shape index (κ3) is 2.85. The molecule has 0 N–H and O–H groups in total. The van der Waals surface area contributed by atoms with E-state index in [2.05, 4.69) is 9.97 Å². The summed E-state index contributed by atoms with van der Waals surface area (Å²) in [6.45, 7) is 0. The smallest absolute Gasteiger partial charge is 0.200 e. The van der Waals surface area contributed by atoms with Gasteiger partial charge in [-0.2, -0.15) is 0 Å². The van der Waals surface area contributed by atoms with Gasteiger partial charge in [0, 0.05) is 31.0 Å². The van der Waals surface area contributed by atoms with Crippen LogP contribution in [-0.2, 0) is 9.47 Å². The fourth-order valence-electron chi connectivity index (χ4n) is 1.58. The zero-order valence-corrected chi connectivity index (χ0v) is 10.9. The predicted molar refractivity (Wildman–Crippen MR) is 69.2 cm³/mol. The predicted octanol–water partition coefficient (Wildman–Crippen LogP) is 3.09. The van der Waals surface area contributed by atoms with E-state index in [1.807, 2.05) is 12.1 Å². The number of nitrogens with zero attached hydrogens (tertiary/aromatic N) is 2. The highest BCUT2D eigenvalue weighted by Crippen LogP contribution is 2.20. The summed E-state index contributed by atoms with van der Waals surface area (Å²) >= 11 is 5.84. The Hall–Kier alpha value is -1.49. The molecule has 0 bridgehead atoms. The molecule has 0 radical (unpaired) electrons. The van der Waals surface area contributed by atoms with Gasteiger partial charge in [-0.25, -0.2) is 9.97 Å². The quantitative estimate of drug-likeness (QED) is 0.796. The molecule has 0 fully saturated rings. The van der Waals surface area contributed by atoms with Crippen molar-refractivity contribution in [1.29, 1.82) is 0 Å². The zero-order valence-electron chi connectivity index (χ0n) is 10.1. The van der Waals surface area contributed by atoms with Crippen LogP contribution in [0.25, 0.3) is 11.4 Å². The van der Waals surface area contributed by atoms with Crippen molar-refractivity contribution in [3.8, 4) is 11.4 Å². The molecule has 1 aromatic carbocycles. The highest BCUT2D eigenvalue weighted by atomic mass is 35.5. The van der Waals surface area contributed by atoms with E-state index in [-0.39, 0.29) is 0 Å². The van der Waals surface area contributed by atoms with E-state index in [0.29, 0.717) is 16.5 Å². The molecule has 2 rings (SSSR count). The van der Waals surface area contributed by atoms with E-state index < -0.39 is 6.29 Å². The summed E-state index contributed by atoms with van der Waals surface area (Å²) < 4.78 is 10.3. The van der Waals surface area contributed by atoms with Gasteiger partial charge in [-0.05, 0) is 30.3 Å². The van der Waals surface area contributed by atoms with Crippen LogP contribution in [0.4, 0.5) is 0 Å². The van der Waals surface area contributed by atoms with E-state index >= 15 is 0 Å². The Morgan fingerprint density at radius 1 is 1.06 bits per heavy atom. The van der Waals surface area contributed by atoms with Crippen LogP contribution >= 0.6 is 11.6 Å². The average molecular weight is 265 g/mol. The Morgan fingerprint density at radius 3 is 2.33 bits per heavy atom. The van der Waals surface area contributed by atoms with Gasteiger partial charge in [-0.3, -0.25) is 0 Å². The second-order valence-corrected chi connectivity index (χ2v) is 4.05. The number of aromatic nitrogens is 2. The molecule has 94 valence electrons. The van der Waals surface area contributed by atoms with Crippen LogP contribution in [0.2, 0.25) is 5.02 Å². The van der Waals surface area contributed by atoms with Crippen LogP contribution in [-0.4, -0.2) is 24.2 Å². The van der Waals surface area contributed by atoms with Gasteiger partial charge < -0.3 is 9.47 Å². The molecule has 0 saturated heterocycles. The van der Waals surface area contributed by atoms with Gasteiger partial charge in [0.05, 0.1) is 0 Å². The monoisotopic (exact) mass is 264 g/mol. The summed E-state index contributed by atoms with van der Waals surface area (Å²) in [7, 11) is 3.14. The maximum atomic E-state index is 5.84. The largest absolute Gasteiger partial charge is 0.350 e. The molecule has 1 heterocycles. The summed E-state index contributed by atoms with van der Waals surface area (Å²) in [5.41, 5.74) is 1.58. The lowest BCUT2D eigenvalue weighted by Gasteiger charge is -2.13. The lowest BCUT2D eigenvalue weighted by atomic mass is 10.2. The fraction of sp³-hybridized carbons (Fsp3) is 0.231. The van der Waals surface area contributed by atoms with Crippen LogP contribution in [0.1, 0.15) is 12.0 Å². The van der Waals surface area contributed by atoms with Gasteiger partial charge in [0.2, 0.25) is 6.29 Å². The zero-order chi connectivity index (χ0) is 13.0. The number of ether oxygens (including phenoxy) is 2. The van der Waals surface area contributed by atoms with E-state index in [9.17, 15) is 0 Å². The molecular formula is C13H13ClN2O2. The highest BCUT2D eigenvalue weighted by Gasteiger charge is 2.12. The highest BCUT2D eigenvalue weighted by molar-refractivity contribution is 6.30. The molecule has 0 unspecified atom stereocenters. The van der Waals surface area contributed by atoms with E-state index in [0.717, 1.165) is 5.56 Å². The Bertz CT molecular complexity index is 513. The summed E-state index contributed by atoms with van der Waals surface area (Å²) in [5, 5.41) is 0.682. The van der Waals surface area contributed by atoms with Crippen molar-refractivity contribution in [3.63, 3.8) is 0 Å². The third-order valence-electron chi connectivity index (χ3n) is 2.45. The number of rotatable bonds is 4. The molecule has 1 aromatic heterocycles. The molecule has 0 spiro atoms. The Balaban J connectivity index is 2.34. The van der Waals surface area contributed by atoms with Gasteiger partial charge in [0.1, 0.15) is 5.69 Å². The summed E-state index contributed by atoms with van der Waals surface area (Å²) in [4.78, 5) is 8.64. The lowest BCUT2D eigenvalue weighted by molar-refractivity contribution is -0.108. The van der Waals surface area contributed by atoms with Crippen LogP contribution in [0.5, 0.6) is 0 Å². The first-order valence-electron chi connectivity index (χ1n) is 5.39. The average Bonchev–Trinajstić information content (AvgIpc) is 2.41. The van der Waals surface area contributed by atoms with E-state index in [1.54, 1.807) is 38.6 Å². The number of benzene rings is 1. The van der Waals surface area contributed by atoms with Gasteiger partial charge in [-0.1, -0.05) is 11.6 Å². The van der Waals surface area contributed by atoms with E-state index in [1.165, 1.54) is 0 Å². The number of hydrogen-bond donors (Lipinski definition) is 0. The molecule has 0 saturated carbocycles. The molecule has 0 atom stereocenters. The Kier molecular flexibility index (Phi) is 4.25. The molecule has 18 heavy (non-hydrogen) atoms. The summed E-state index contributed by atoms with van der Waals surface area (Å²) in [6, 6.07) is 9.11. The maximum Gasteiger partial charge on any atom is 0.200 e. The molecule has 0 aliphatic carbocycles. The normalized spacial score (nSPS) is 10.9. The minimum atomic E-state index is -0.487. The first-order valence-corrected chi connectivity index (χ1v) is 5.77. The van der Waals surface area contributed by atoms with Crippen molar-refractivity contribution in [2.45, 2.75) is 6.29 Å². The standard InChI is InChI=1S/C13H13ClN2O2/c1-17-13(18-2)11-7-8-15-12(16-11)9-3-5-10(14)6-4-9/h3-8,13H,1-2H3.